The molecule has 1 unspecified atom stereocenters. The Balaban J connectivity index is 1.81. The molecule has 0 amide bonds. The van der Waals surface area contributed by atoms with E-state index in [4.69, 9.17) is 9.47 Å². The number of hydrogen-bond donors (Lipinski definition) is 1. The van der Waals surface area contributed by atoms with Gasteiger partial charge in [-0.3, -0.25) is 9.69 Å². The summed E-state index contributed by atoms with van der Waals surface area (Å²) in [7, 11) is 3.28. The summed E-state index contributed by atoms with van der Waals surface area (Å²) in [4.78, 5) is 14.5. The smallest absolute Gasteiger partial charge is 0.305 e. The van der Waals surface area contributed by atoms with Crippen molar-refractivity contribution in [2.75, 3.05) is 14.2 Å². The number of carbonyl (C=O) groups is 1. The molecule has 4 aromatic carbocycles. The predicted molar refractivity (Wildman–Crippen MR) is 147 cm³/mol. The third-order valence-corrected chi connectivity index (χ3v) is 6.74. The van der Waals surface area contributed by atoms with E-state index in [-0.39, 0.29) is 18.5 Å². The summed E-state index contributed by atoms with van der Waals surface area (Å²) in [6.45, 7) is 2.75. The molecule has 5 nitrogen and oxygen atoms in total. The summed E-state index contributed by atoms with van der Waals surface area (Å²) in [5.74, 6) is 0.617. The van der Waals surface area contributed by atoms with Crippen molar-refractivity contribution < 1.29 is 19.4 Å². The Hall–Kier alpha value is -4.09. The molecule has 37 heavy (non-hydrogen) atoms. The molecule has 0 radical (unpaired) electrons. The largest absolute Gasteiger partial charge is 0.497 e. The Morgan fingerprint density at radius 3 is 2.14 bits per heavy atom. The van der Waals surface area contributed by atoms with E-state index >= 15 is 0 Å². The molecule has 4 aromatic rings. The Labute approximate surface area is 218 Å². The molecule has 0 aliphatic heterocycles. The van der Waals surface area contributed by atoms with E-state index in [1.54, 1.807) is 14.2 Å². The van der Waals surface area contributed by atoms with Crippen LogP contribution in [0.5, 0.6) is 11.5 Å². The summed E-state index contributed by atoms with van der Waals surface area (Å²) in [6, 6.07) is 33.8. The van der Waals surface area contributed by atoms with Crippen LogP contribution >= 0.6 is 0 Å². The lowest BCUT2D eigenvalue weighted by molar-refractivity contribution is -0.138. The molecule has 0 spiro atoms. The minimum atomic E-state index is -0.840. The maximum atomic E-state index is 12.2. The molecule has 0 aliphatic rings. The quantitative estimate of drug-likeness (QED) is 0.239. The van der Waals surface area contributed by atoms with Crippen molar-refractivity contribution in [3.63, 3.8) is 0 Å². The zero-order valence-corrected chi connectivity index (χ0v) is 21.5. The minimum Gasteiger partial charge on any atom is -0.497 e. The zero-order chi connectivity index (χ0) is 26.2. The van der Waals surface area contributed by atoms with Crippen molar-refractivity contribution in [2.45, 2.75) is 32.0 Å². The van der Waals surface area contributed by atoms with Crippen molar-refractivity contribution in [3.8, 4) is 22.6 Å². The van der Waals surface area contributed by atoms with Gasteiger partial charge in [0, 0.05) is 24.2 Å². The van der Waals surface area contributed by atoms with Crippen LogP contribution in [0.3, 0.4) is 0 Å². The lowest BCUT2D eigenvalue weighted by atomic mass is 9.93. The predicted octanol–water partition coefficient (Wildman–Crippen LogP) is 7.15. The van der Waals surface area contributed by atoms with Crippen molar-refractivity contribution in [2.24, 2.45) is 0 Å². The third kappa shape index (κ3) is 6.38. The molecule has 4 rings (SSSR count). The van der Waals surface area contributed by atoms with Crippen LogP contribution in [0.1, 0.15) is 42.1 Å². The van der Waals surface area contributed by atoms with Crippen molar-refractivity contribution >= 4 is 5.97 Å². The summed E-state index contributed by atoms with van der Waals surface area (Å²) in [5.41, 5.74) is 5.04. The average Bonchev–Trinajstić information content (AvgIpc) is 2.95. The fraction of sp³-hybridized carbons (Fsp3) is 0.219. The number of benzene rings is 4. The first-order valence-electron chi connectivity index (χ1n) is 12.4. The van der Waals surface area contributed by atoms with Crippen LogP contribution < -0.4 is 9.47 Å². The molecule has 1 N–H and O–H groups in total. The fourth-order valence-electron chi connectivity index (χ4n) is 4.78. The SMILES string of the molecule is COc1ccc(OC)c(-c2cccc(C(CC(=O)O)N(Cc3ccccc3)[C@H](C)c3ccccc3)c2)c1. The second-order valence-electron chi connectivity index (χ2n) is 9.05. The van der Waals surface area contributed by atoms with Crippen LogP contribution in [0.25, 0.3) is 11.1 Å². The topological polar surface area (TPSA) is 59.0 Å². The highest BCUT2D eigenvalue weighted by Crippen LogP contribution is 2.38. The Bertz CT molecular complexity index is 1310. The van der Waals surface area contributed by atoms with Gasteiger partial charge in [-0.2, -0.15) is 0 Å². The molecule has 5 heteroatoms. The molecule has 0 bridgehead atoms. The normalized spacial score (nSPS) is 12.6. The summed E-state index contributed by atoms with van der Waals surface area (Å²) < 4.78 is 11.1. The fourth-order valence-corrected chi connectivity index (χ4v) is 4.78. The van der Waals surface area contributed by atoms with E-state index in [1.165, 1.54) is 0 Å². The second-order valence-corrected chi connectivity index (χ2v) is 9.05. The molecule has 190 valence electrons. The summed E-state index contributed by atoms with van der Waals surface area (Å²) >= 11 is 0. The first kappa shape index (κ1) is 26.0. The van der Waals surface area contributed by atoms with E-state index in [2.05, 4.69) is 42.2 Å². The van der Waals surface area contributed by atoms with E-state index in [1.807, 2.05) is 72.8 Å². The maximum Gasteiger partial charge on any atom is 0.305 e. The van der Waals surface area contributed by atoms with Crippen LogP contribution in [0.2, 0.25) is 0 Å². The number of hydrogen-bond acceptors (Lipinski definition) is 4. The number of carboxylic acid groups (broad SMARTS) is 1. The summed E-state index contributed by atoms with van der Waals surface area (Å²) in [5, 5.41) is 9.99. The molecule has 0 saturated heterocycles. The number of rotatable bonds is 11. The molecule has 0 aliphatic carbocycles. The lowest BCUT2D eigenvalue weighted by Gasteiger charge is -2.37. The third-order valence-electron chi connectivity index (χ3n) is 6.74. The zero-order valence-electron chi connectivity index (χ0n) is 21.5. The van der Waals surface area contributed by atoms with Crippen molar-refractivity contribution in [1.29, 1.82) is 0 Å². The number of methoxy groups -OCH3 is 2. The number of aliphatic carboxylic acids is 1. The molecule has 2 atom stereocenters. The van der Waals surface area contributed by atoms with Gasteiger partial charge in [0.25, 0.3) is 0 Å². The van der Waals surface area contributed by atoms with Gasteiger partial charge in [-0.1, -0.05) is 78.9 Å². The second kappa shape index (κ2) is 12.2. The molecule has 0 aromatic heterocycles. The number of nitrogens with zero attached hydrogens (tertiary/aromatic N) is 1. The highest BCUT2D eigenvalue weighted by atomic mass is 16.5. The van der Waals surface area contributed by atoms with Gasteiger partial charge in [-0.25, -0.2) is 0 Å². The molecule has 0 fully saturated rings. The average molecular weight is 496 g/mol. The monoisotopic (exact) mass is 495 g/mol. The van der Waals surface area contributed by atoms with E-state index < -0.39 is 5.97 Å². The van der Waals surface area contributed by atoms with Gasteiger partial charge in [0.05, 0.1) is 20.6 Å². The van der Waals surface area contributed by atoms with Crippen LogP contribution in [-0.4, -0.2) is 30.2 Å². The van der Waals surface area contributed by atoms with Gasteiger partial charge in [-0.05, 0) is 53.4 Å². The molecular weight excluding hydrogens is 462 g/mol. The van der Waals surface area contributed by atoms with E-state index in [0.29, 0.717) is 6.54 Å². The van der Waals surface area contributed by atoms with Gasteiger partial charge >= 0.3 is 5.97 Å². The van der Waals surface area contributed by atoms with Gasteiger partial charge < -0.3 is 14.6 Å². The van der Waals surface area contributed by atoms with Gasteiger partial charge in [0.15, 0.2) is 0 Å². The Kier molecular flexibility index (Phi) is 8.60. The number of carboxylic acids is 1. The maximum absolute atomic E-state index is 12.2. The van der Waals surface area contributed by atoms with Crippen molar-refractivity contribution in [3.05, 3.63) is 120 Å². The lowest BCUT2D eigenvalue weighted by Crippen LogP contribution is -2.32. The van der Waals surface area contributed by atoms with E-state index in [0.717, 1.165) is 39.3 Å². The first-order chi connectivity index (χ1) is 18.0. The van der Waals surface area contributed by atoms with Gasteiger partial charge in [-0.15, -0.1) is 0 Å². The Morgan fingerprint density at radius 2 is 1.49 bits per heavy atom. The van der Waals surface area contributed by atoms with Crippen LogP contribution in [0.15, 0.2) is 103 Å². The van der Waals surface area contributed by atoms with Gasteiger partial charge in [0.1, 0.15) is 11.5 Å². The standard InChI is InChI=1S/C32H33NO4/c1-23(25-13-8-5-9-14-25)33(22-24-11-6-4-7-12-24)30(21-32(34)35)27-16-10-15-26(19-27)29-20-28(36-2)17-18-31(29)37-3/h4-20,23,30H,21-22H2,1-3H3,(H,34,35)/t23-,30?/m1/s1. The number of ether oxygens (including phenoxy) is 2. The first-order valence-corrected chi connectivity index (χ1v) is 12.4. The highest BCUT2D eigenvalue weighted by molar-refractivity contribution is 5.73. The molecular formula is C32H33NO4. The molecule has 0 heterocycles. The van der Waals surface area contributed by atoms with Gasteiger partial charge in [0.2, 0.25) is 0 Å². The summed E-state index contributed by atoms with van der Waals surface area (Å²) in [6.07, 6.45) is -0.0251. The highest BCUT2D eigenvalue weighted by Gasteiger charge is 2.29. The minimum absolute atomic E-state index is 0.0132. The van der Waals surface area contributed by atoms with Crippen molar-refractivity contribution in [1.82, 2.24) is 4.90 Å². The van der Waals surface area contributed by atoms with Crippen LogP contribution in [0, 0.1) is 0 Å². The van der Waals surface area contributed by atoms with Crippen LogP contribution in [-0.2, 0) is 11.3 Å². The van der Waals surface area contributed by atoms with E-state index in [9.17, 15) is 9.90 Å². The van der Waals surface area contributed by atoms with Crippen LogP contribution in [0.4, 0.5) is 0 Å². The Morgan fingerprint density at radius 1 is 0.811 bits per heavy atom. The molecule has 0 saturated carbocycles.